The van der Waals surface area contributed by atoms with Gasteiger partial charge in [0.2, 0.25) is 0 Å². The zero-order chi connectivity index (χ0) is 46.6. The highest BCUT2D eigenvalue weighted by Crippen LogP contribution is 2.65. The van der Waals surface area contributed by atoms with Gasteiger partial charge in [0.25, 0.3) is 0 Å². The minimum Gasteiger partial charge on any atom is -0.455 e. The fourth-order valence-corrected chi connectivity index (χ4v) is 11.8. The highest BCUT2D eigenvalue weighted by atomic mass is 16.3. The number of aromatic nitrogens is 5. The third-order valence-electron chi connectivity index (χ3n) is 14.7. The van der Waals surface area contributed by atoms with E-state index in [4.69, 9.17) is 24.4 Å². The van der Waals surface area contributed by atoms with Gasteiger partial charge >= 0.3 is 0 Å². The average molecular weight is 906 g/mol. The molecule has 330 valence electrons. The number of para-hydroxylation sites is 4. The first-order chi connectivity index (χ1) is 35.2. The third-order valence-corrected chi connectivity index (χ3v) is 14.7. The second kappa shape index (κ2) is 15.2. The minimum atomic E-state index is -0.609. The van der Waals surface area contributed by atoms with Crippen LogP contribution in [0.2, 0.25) is 0 Å². The van der Waals surface area contributed by atoms with E-state index < -0.39 is 5.41 Å². The van der Waals surface area contributed by atoms with E-state index in [1.54, 1.807) is 0 Å². The van der Waals surface area contributed by atoms with Gasteiger partial charge in [-0.3, -0.25) is 4.57 Å². The van der Waals surface area contributed by atoms with Crippen molar-refractivity contribution < 1.29 is 4.42 Å². The fraction of sp³-hybridized carbons (Fsp3) is 0.0154. The predicted octanol–water partition coefficient (Wildman–Crippen LogP) is 15.8. The van der Waals surface area contributed by atoms with Crippen LogP contribution in [0.3, 0.4) is 0 Å². The number of nitrogens with zero attached hydrogens (tertiary/aromatic N) is 5. The maximum Gasteiger partial charge on any atom is 0.167 e. The quantitative estimate of drug-likeness (QED) is 0.166. The topological polar surface area (TPSA) is 69.6 Å². The Morgan fingerprint density at radius 1 is 0.338 bits per heavy atom. The summed E-state index contributed by atoms with van der Waals surface area (Å²) in [5.41, 5.74) is 19.9. The van der Waals surface area contributed by atoms with Crippen molar-refractivity contribution in [2.24, 2.45) is 0 Å². The second-order valence-corrected chi connectivity index (χ2v) is 18.4. The number of fused-ring (bicyclic) bond motifs is 14. The molecule has 0 saturated carbocycles. The van der Waals surface area contributed by atoms with Crippen LogP contribution in [0.15, 0.2) is 241 Å². The summed E-state index contributed by atoms with van der Waals surface area (Å²) in [6, 6.07) is 83.9. The first-order valence-corrected chi connectivity index (χ1v) is 24.1. The zero-order valence-electron chi connectivity index (χ0n) is 38.2. The molecule has 13 aromatic rings. The van der Waals surface area contributed by atoms with Crippen LogP contribution in [-0.4, -0.2) is 24.5 Å². The molecule has 0 N–H and O–H groups in total. The maximum atomic E-state index is 6.58. The standard InChI is InChI=1S/C65H39N5O/c1-3-18-41(19-4-1)61-67-62(69-63(68-61)50-28-15-26-46-45-22-9-14-35-57(45)71-60(46)50)49-27-17-32-54-59(49)48-24-8-11-30-52(48)65(54)51-29-10-7-23-47(51)58-44(25-16-31-53(58)65)40-36-38-43(39-37-40)70-56-34-13-12-33-55(56)66-64(70)42-20-5-2-6-21-42/h1-39H. The largest absolute Gasteiger partial charge is 0.455 e. The van der Waals surface area contributed by atoms with Crippen molar-refractivity contribution in [1.82, 2.24) is 24.5 Å². The normalized spacial score (nSPS) is 14.3. The van der Waals surface area contributed by atoms with Crippen LogP contribution in [0, 0.1) is 0 Å². The second-order valence-electron chi connectivity index (χ2n) is 18.4. The van der Waals surface area contributed by atoms with Gasteiger partial charge in [-0.2, -0.15) is 0 Å². The van der Waals surface area contributed by atoms with Crippen LogP contribution in [0.4, 0.5) is 0 Å². The summed E-state index contributed by atoms with van der Waals surface area (Å²) in [6.45, 7) is 0. The van der Waals surface area contributed by atoms with Gasteiger partial charge in [0, 0.05) is 33.2 Å². The number of rotatable bonds is 6. The summed E-state index contributed by atoms with van der Waals surface area (Å²) < 4.78 is 8.85. The summed E-state index contributed by atoms with van der Waals surface area (Å²) in [5, 5.41) is 2.08. The van der Waals surface area contributed by atoms with Gasteiger partial charge in [0.15, 0.2) is 17.5 Å². The average Bonchev–Trinajstić information content (AvgIpc) is 4.20. The van der Waals surface area contributed by atoms with E-state index in [9.17, 15) is 0 Å². The predicted molar refractivity (Wildman–Crippen MR) is 285 cm³/mol. The molecular formula is C65H39N5O. The lowest BCUT2D eigenvalue weighted by Crippen LogP contribution is -2.25. The van der Waals surface area contributed by atoms with E-state index in [0.29, 0.717) is 17.5 Å². The molecule has 1 atom stereocenters. The molecule has 71 heavy (non-hydrogen) atoms. The molecule has 6 nitrogen and oxygen atoms in total. The Kier molecular flexibility index (Phi) is 8.47. The van der Waals surface area contributed by atoms with Crippen LogP contribution in [0.25, 0.3) is 118 Å². The Morgan fingerprint density at radius 2 is 0.859 bits per heavy atom. The highest BCUT2D eigenvalue weighted by Gasteiger charge is 2.52. The zero-order valence-corrected chi connectivity index (χ0v) is 38.2. The molecule has 3 heterocycles. The molecule has 0 saturated heterocycles. The molecule has 1 spiro atoms. The van der Waals surface area contributed by atoms with Crippen molar-refractivity contribution in [1.29, 1.82) is 0 Å². The van der Waals surface area contributed by atoms with Crippen molar-refractivity contribution in [3.63, 3.8) is 0 Å². The van der Waals surface area contributed by atoms with Crippen LogP contribution >= 0.6 is 0 Å². The molecule has 10 aromatic carbocycles. The Labute approximate surface area is 408 Å². The molecular weight excluding hydrogens is 867 g/mol. The molecule has 3 aromatic heterocycles. The smallest absolute Gasteiger partial charge is 0.167 e. The lowest BCUT2D eigenvalue weighted by atomic mass is 9.70. The van der Waals surface area contributed by atoms with Gasteiger partial charge in [-0.15, -0.1) is 0 Å². The summed E-state index contributed by atoms with van der Waals surface area (Å²) in [6.07, 6.45) is 0. The van der Waals surface area contributed by atoms with Crippen molar-refractivity contribution in [3.8, 4) is 84.6 Å². The molecule has 0 aliphatic heterocycles. The van der Waals surface area contributed by atoms with Crippen molar-refractivity contribution in [2.75, 3.05) is 0 Å². The van der Waals surface area contributed by atoms with Gasteiger partial charge in [-0.1, -0.05) is 200 Å². The van der Waals surface area contributed by atoms with Crippen LogP contribution < -0.4 is 0 Å². The number of furan rings is 1. The molecule has 0 amide bonds. The van der Waals surface area contributed by atoms with Gasteiger partial charge in [-0.25, -0.2) is 19.9 Å². The third kappa shape index (κ3) is 5.70. The van der Waals surface area contributed by atoms with Gasteiger partial charge in [0.05, 0.1) is 22.0 Å². The maximum absolute atomic E-state index is 6.58. The van der Waals surface area contributed by atoms with Crippen molar-refractivity contribution in [2.45, 2.75) is 5.41 Å². The van der Waals surface area contributed by atoms with E-state index in [-0.39, 0.29) is 0 Å². The van der Waals surface area contributed by atoms with Gasteiger partial charge in [-0.05, 0) is 92.0 Å². The number of hydrogen-bond acceptors (Lipinski definition) is 5. The lowest BCUT2D eigenvalue weighted by molar-refractivity contribution is 0.669. The molecule has 2 aliphatic rings. The molecule has 0 fully saturated rings. The SMILES string of the molecule is c1ccc(-c2nc(-c3cccc4c3-c3ccccc3C43c4ccccc4-c4c(-c5ccc(-n6c(-c7ccccc7)nc7ccccc76)cc5)cccc43)nc(-c3cccc4c3oc3ccccc34)n2)cc1. The molecule has 0 radical (unpaired) electrons. The van der Waals surface area contributed by atoms with E-state index in [1.165, 1.54) is 44.5 Å². The van der Waals surface area contributed by atoms with Gasteiger partial charge < -0.3 is 4.42 Å². The Morgan fingerprint density at radius 3 is 1.61 bits per heavy atom. The molecule has 15 rings (SSSR count). The van der Waals surface area contributed by atoms with E-state index in [0.717, 1.165) is 77.9 Å². The number of hydrogen-bond donors (Lipinski definition) is 0. The molecule has 1 unspecified atom stereocenters. The Hall–Kier alpha value is -9.52. The molecule has 2 aliphatic carbocycles. The van der Waals surface area contributed by atoms with E-state index in [1.807, 2.05) is 42.5 Å². The van der Waals surface area contributed by atoms with Gasteiger partial charge in [0.1, 0.15) is 17.0 Å². The minimum absolute atomic E-state index is 0.557. The fourth-order valence-electron chi connectivity index (χ4n) is 11.8. The monoisotopic (exact) mass is 905 g/mol. The van der Waals surface area contributed by atoms with Crippen LogP contribution in [0.5, 0.6) is 0 Å². The van der Waals surface area contributed by atoms with Crippen LogP contribution in [-0.2, 0) is 5.41 Å². The van der Waals surface area contributed by atoms with E-state index in [2.05, 4.69) is 199 Å². The Balaban J connectivity index is 0.925. The van der Waals surface area contributed by atoms with Crippen molar-refractivity contribution in [3.05, 3.63) is 259 Å². The summed E-state index contributed by atoms with van der Waals surface area (Å²) >= 11 is 0. The lowest BCUT2D eigenvalue weighted by Gasteiger charge is -2.30. The molecule has 0 bridgehead atoms. The summed E-state index contributed by atoms with van der Waals surface area (Å²) in [4.78, 5) is 21.0. The van der Waals surface area contributed by atoms with E-state index >= 15 is 0 Å². The van der Waals surface area contributed by atoms with Crippen LogP contribution in [0.1, 0.15) is 22.3 Å². The highest BCUT2D eigenvalue weighted by molar-refractivity contribution is 6.09. The summed E-state index contributed by atoms with van der Waals surface area (Å²) in [5.74, 6) is 2.68. The number of imidazole rings is 1. The molecule has 6 heteroatoms. The summed E-state index contributed by atoms with van der Waals surface area (Å²) in [7, 11) is 0. The van der Waals surface area contributed by atoms with Crippen molar-refractivity contribution >= 4 is 33.0 Å². The number of benzene rings is 10. The first kappa shape index (κ1) is 39.5. The Bertz CT molecular complexity index is 4290. The first-order valence-electron chi connectivity index (χ1n) is 24.1.